The molecule has 0 spiro atoms. The number of nitrogens with zero attached hydrogens (tertiary/aromatic N) is 2. The molecule has 0 fully saturated rings. The SMILES string of the molecule is COc1ccc(Cn2c(C(C)(C)O)nc3ccccc32)cc1. The molecule has 0 aliphatic carbocycles. The van der Waals surface area contributed by atoms with Crippen molar-refractivity contribution in [1.29, 1.82) is 0 Å². The van der Waals surface area contributed by atoms with E-state index in [1.54, 1.807) is 21.0 Å². The Kier molecular flexibility index (Phi) is 3.62. The van der Waals surface area contributed by atoms with Gasteiger partial charge in [-0.3, -0.25) is 0 Å². The fourth-order valence-corrected chi connectivity index (χ4v) is 2.62. The highest BCUT2D eigenvalue weighted by Crippen LogP contribution is 2.26. The van der Waals surface area contributed by atoms with E-state index >= 15 is 0 Å². The second-order valence-corrected chi connectivity index (χ2v) is 5.92. The minimum Gasteiger partial charge on any atom is -0.497 e. The number of methoxy groups -OCH3 is 1. The summed E-state index contributed by atoms with van der Waals surface area (Å²) in [5.41, 5.74) is 2.06. The largest absolute Gasteiger partial charge is 0.497 e. The Morgan fingerprint density at radius 2 is 1.77 bits per heavy atom. The number of fused-ring (bicyclic) bond motifs is 1. The topological polar surface area (TPSA) is 47.3 Å². The fraction of sp³-hybridized carbons (Fsp3) is 0.278. The Morgan fingerprint density at radius 3 is 2.41 bits per heavy atom. The molecule has 0 saturated heterocycles. The molecule has 3 aromatic rings. The van der Waals surface area contributed by atoms with Crippen molar-refractivity contribution in [2.75, 3.05) is 7.11 Å². The van der Waals surface area contributed by atoms with Gasteiger partial charge in [0.15, 0.2) is 0 Å². The van der Waals surface area contributed by atoms with Gasteiger partial charge in [0.25, 0.3) is 0 Å². The van der Waals surface area contributed by atoms with Gasteiger partial charge in [-0.2, -0.15) is 0 Å². The van der Waals surface area contributed by atoms with E-state index in [1.165, 1.54) is 0 Å². The Bertz CT molecular complexity index is 783. The Balaban J connectivity index is 2.07. The van der Waals surface area contributed by atoms with E-state index in [2.05, 4.69) is 9.55 Å². The highest BCUT2D eigenvalue weighted by molar-refractivity contribution is 5.76. The molecule has 4 nitrogen and oxygen atoms in total. The summed E-state index contributed by atoms with van der Waals surface area (Å²) in [7, 11) is 1.66. The van der Waals surface area contributed by atoms with Crippen molar-refractivity contribution in [1.82, 2.24) is 9.55 Å². The highest BCUT2D eigenvalue weighted by atomic mass is 16.5. The van der Waals surface area contributed by atoms with Crippen molar-refractivity contribution in [2.45, 2.75) is 26.0 Å². The van der Waals surface area contributed by atoms with Crippen molar-refractivity contribution in [3.8, 4) is 5.75 Å². The number of para-hydroxylation sites is 2. The fourth-order valence-electron chi connectivity index (χ4n) is 2.62. The first-order valence-electron chi connectivity index (χ1n) is 7.30. The maximum atomic E-state index is 10.4. The monoisotopic (exact) mass is 296 g/mol. The molecule has 0 aliphatic heterocycles. The summed E-state index contributed by atoms with van der Waals surface area (Å²) >= 11 is 0. The average molecular weight is 296 g/mol. The zero-order valence-electron chi connectivity index (χ0n) is 13.1. The maximum absolute atomic E-state index is 10.4. The molecule has 22 heavy (non-hydrogen) atoms. The van der Waals surface area contributed by atoms with Crippen LogP contribution in [0, 0.1) is 0 Å². The minimum absolute atomic E-state index is 0.657. The van der Waals surface area contributed by atoms with Crippen LogP contribution >= 0.6 is 0 Å². The summed E-state index contributed by atoms with van der Waals surface area (Å²) in [4.78, 5) is 4.60. The van der Waals surface area contributed by atoms with Gasteiger partial charge >= 0.3 is 0 Å². The Labute approximate surface area is 130 Å². The number of imidazole rings is 1. The van der Waals surface area contributed by atoms with Gasteiger partial charge in [-0.15, -0.1) is 0 Å². The van der Waals surface area contributed by atoms with Crippen LogP contribution < -0.4 is 4.74 Å². The third kappa shape index (κ3) is 2.70. The van der Waals surface area contributed by atoms with Crippen LogP contribution in [0.1, 0.15) is 25.2 Å². The zero-order chi connectivity index (χ0) is 15.7. The van der Waals surface area contributed by atoms with Crippen LogP contribution in [0.3, 0.4) is 0 Å². The second kappa shape index (κ2) is 5.46. The van der Waals surface area contributed by atoms with Gasteiger partial charge in [0.1, 0.15) is 17.2 Å². The third-order valence-corrected chi connectivity index (χ3v) is 3.70. The molecule has 0 bridgehead atoms. The zero-order valence-corrected chi connectivity index (χ0v) is 13.1. The molecular formula is C18H20N2O2. The molecular weight excluding hydrogens is 276 g/mol. The lowest BCUT2D eigenvalue weighted by molar-refractivity contribution is 0.0657. The summed E-state index contributed by atoms with van der Waals surface area (Å²) < 4.78 is 7.26. The normalized spacial score (nSPS) is 11.8. The lowest BCUT2D eigenvalue weighted by Gasteiger charge is -2.19. The van der Waals surface area contributed by atoms with E-state index in [1.807, 2.05) is 48.5 Å². The van der Waals surface area contributed by atoms with Crippen LogP contribution in [0.15, 0.2) is 48.5 Å². The first-order valence-corrected chi connectivity index (χ1v) is 7.30. The van der Waals surface area contributed by atoms with Gasteiger partial charge in [-0.05, 0) is 43.7 Å². The average Bonchev–Trinajstić information content (AvgIpc) is 2.87. The molecule has 1 heterocycles. The molecule has 3 rings (SSSR count). The predicted octanol–water partition coefficient (Wildman–Crippen LogP) is 3.32. The second-order valence-electron chi connectivity index (χ2n) is 5.92. The number of hydrogen-bond donors (Lipinski definition) is 1. The number of aromatic nitrogens is 2. The van der Waals surface area contributed by atoms with Gasteiger partial charge in [-0.1, -0.05) is 24.3 Å². The first kappa shape index (κ1) is 14.6. The van der Waals surface area contributed by atoms with E-state index in [0.717, 1.165) is 22.3 Å². The molecule has 0 saturated carbocycles. The van der Waals surface area contributed by atoms with E-state index < -0.39 is 5.60 Å². The Hall–Kier alpha value is -2.33. The number of ether oxygens (including phenoxy) is 1. The molecule has 1 aromatic heterocycles. The standard InChI is InChI=1S/C18H20N2O2/c1-18(2,21)17-19-15-6-4-5-7-16(15)20(17)12-13-8-10-14(22-3)11-9-13/h4-11,21H,12H2,1-3H3. The molecule has 0 atom stereocenters. The molecule has 1 N–H and O–H groups in total. The van der Waals surface area contributed by atoms with Crippen LogP contribution in [0.25, 0.3) is 11.0 Å². The van der Waals surface area contributed by atoms with Crippen molar-refractivity contribution in [2.24, 2.45) is 0 Å². The molecule has 2 aromatic carbocycles. The lowest BCUT2D eigenvalue weighted by Crippen LogP contribution is -2.22. The van der Waals surface area contributed by atoms with Crippen LogP contribution in [-0.4, -0.2) is 21.8 Å². The Morgan fingerprint density at radius 1 is 1.09 bits per heavy atom. The predicted molar refractivity (Wildman–Crippen MR) is 87.1 cm³/mol. The summed E-state index contributed by atoms with van der Waals surface area (Å²) in [6, 6.07) is 15.9. The molecule has 0 amide bonds. The summed E-state index contributed by atoms with van der Waals surface area (Å²) in [6.07, 6.45) is 0. The lowest BCUT2D eigenvalue weighted by atomic mass is 10.1. The molecule has 0 radical (unpaired) electrons. The van der Waals surface area contributed by atoms with Crippen molar-refractivity contribution in [3.05, 3.63) is 59.9 Å². The maximum Gasteiger partial charge on any atom is 0.141 e. The number of aliphatic hydroxyl groups is 1. The van der Waals surface area contributed by atoms with Crippen LogP contribution in [0.5, 0.6) is 5.75 Å². The third-order valence-electron chi connectivity index (χ3n) is 3.70. The van der Waals surface area contributed by atoms with Crippen LogP contribution in [-0.2, 0) is 12.1 Å². The van der Waals surface area contributed by atoms with Gasteiger partial charge in [0, 0.05) is 6.54 Å². The van der Waals surface area contributed by atoms with Crippen LogP contribution in [0.4, 0.5) is 0 Å². The van der Waals surface area contributed by atoms with E-state index in [9.17, 15) is 5.11 Å². The van der Waals surface area contributed by atoms with Crippen molar-refractivity contribution in [3.63, 3.8) is 0 Å². The van der Waals surface area contributed by atoms with E-state index in [4.69, 9.17) is 4.74 Å². The molecule has 0 aliphatic rings. The van der Waals surface area contributed by atoms with Crippen LogP contribution in [0.2, 0.25) is 0 Å². The van der Waals surface area contributed by atoms with Crippen molar-refractivity contribution >= 4 is 11.0 Å². The van der Waals surface area contributed by atoms with Crippen molar-refractivity contribution < 1.29 is 9.84 Å². The number of rotatable bonds is 4. The van der Waals surface area contributed by atoms with E-state index in [0.29, 0.717) is 12.4 Å². The van der Waals surface area contributed by atoms with Gasteiger partial charge in [0.05, 0.1) is 18.1 Å². The summed E-state index contributed by atoms with van der Waals surface area (Å²) in [5.74, 6) is 1.51. The number of hydrogen-bond acceptors (Lipinski definition) is 3. The highest BCUT2D eigenvalue weighted by Gasteiger charge is 2.24. The first-order chi connectivity index (χ1) is 10.5. The summed E-state index contributed by atoms with van der Waals surface area (Å²) in [5, 5.41) is 10.4. The quantitative estimate of drug-likeness (QED) is 0.803. The van der Waals surface area contributed by atoms with E-state index in [-0.39, 0.29) is 0 Å². The van der Waals surface area contributed by atoms with Gasteiger partial charge in [-0.25, -0.2) is 4.98 Å². The molecule has 4 heteroatoms. The summed E-state index contributed by atoms with van der Waals surface area (Å²) in [6.45, 7) is 4.18. The molecule has 0 unspecified atom stereocenters. The van der Waals surface area contributed by atoms with Gasteiger partial charge < -0.3 is 14.4 Å². The number of benzene rings is 2. The minimum atomic E-state index is -0.995. The molecule has 114 valence electrons. The smallest absolute Gasteiger partial charge is 0.141 e. The van der Waals surface area contributed by atoms with Gasteiger partial charge in [0.2, 0.25) is 0 Å².